The molecule has 0 fully saturated rings. The Hall–Kier alpha value is -10.1. The second-order valence-corrected chi connectivity index (χ2v) is 26.0. The third-order valence-corrected chi connectivity index (χ3v) is 17.7. The van der Waals surface area contributed by atoms with Crippen LogP contribution in [0.3, 0.4) is 0 Å². The van der Waals surface area contributed by atoms with E-state index in [0.29, 0.717) is 0 Å². The van der Waals surface area contributed by atoms with Crippen molar-refractivity contribution in [2.24, 2.45) is 0 Å². The summed E-state index contributed by atoms with van der Waals surface area (Å²) in [7, 11) is 0. The highest BCUT2D eigenvalue weighted by Gasteiger charge is 2.02. The molecule has 0 aliphatic rings. The molecule has 0 radical (unpaired) electrons. The summed E-state index contributed by atoms with van der Waals surface area (Å²) < 4.78 is 0. The summed E-state index contributed by atoms with van der Waals surface area (Å²) >= 11 is 0. The number of hydrogen-bond donors (Lipinski definition) is 0. The zero-order valence-electron chi connectivity index (χ0n) is 78.7. The van der Waals surface area contributed by atoms with Crippen LogP contribution in [0.15, 0.2) is 291 Å². The lowest BCUT2D eigenvalue weighted by molar-refractivity contribution is 1.34. The van der Waals surface area contributed by atoms with E-state index in [1.54, 1.807) is 0 Å². The van der Waals surface area contributed by atoms with Crippen LogP contribution in [0.4, 0.5) is 0 Å². The molecule has 0 amide bonds. The lowest BCUT2D eigenvalue weighted by atomic mass is 10.0. The van der Waals surface area contributed by atoms with E-state index in [-0.39, 0.29) is 0 Å². The van der Waals surface area contributed by atoms with Gasteiger partial charge in [-0.05, 0) is 250 Å². The number of aryl methyl sites for hydroxylation is 18. The van der Waals surface area contributed by atoms with Gasteiger partial charge >= 0.3 is 0 Å². The first-order chi connectivity index (χ1) is 55.1. The summed E-state index contributed by atoms with van der Waals surface area (Å²) in [4.78, 5) is 0. The van der Waals surface area contributed by atoms with E-state index in [1.165, 1.54) is 165 Å². The Labute approximate surface area is 700 Å². The van der Waals surface area contributed by atoms with E-state index >= 15 is 0 Å². The predicted octanol–water partition coefficient (Wildman–Crippen LogP) is 36.9. The van der Waals surface area contributed by atoms with Gasteiger partial charge in [0.15, 0.2) is 0 Å². The molecule has 0 atom stereocenters. The number of rotatable bonds is 0. The molecule has 0 saturated carbocycles. The second-order valence-electron chi connectivity index (χ2n) is 26.0. The minimum atomic E-state index is 1.33. The Kier molecular flexibility index (Phi) is 61.9. The first-order valence-electron chi connectivity index (χ1n) is 42.9. The van der Waals surface area contributed by atoms with Crippen molar-refractivity contribution in [2.45, 2.75) is 249 Å². The molecule has 612 valence electrons. The van der Waals surface area contributed by atoms with Crippen LogP contribution in [0.25, 0.3) is 64.6 Å². The molecule has 15 aromatic carbocycles. The Bertz CT molecular complexity index is 4720. The maximum Gasteiger partial charge on any atom is -0.0152 e. The van der Waals surface area contributed by atoms with Crippen molar-refractivity contribution in [1.82, 2.24) is 0 Å². The summed E-state index contributed by atoms with van der Waals surface area (Å²) in [6.45, 7) is 74.5. The van der Waals surface area contributed by atoms with E-state index < -0.39 is 0 Å². The fourth-order valence-corrected chi connectivity index (χ4v) is 11.7. The Morgan fingerprint density at radius 3 is 0.781 bits per heavy atom. The summed E-state index contributed by atoms with van der Waals surface area (Å²) in [6.07, 6.45) is 0. The van der Waals surface area contributed by atoms with Crippen LogP contribution < -0.4 is 0 Å². The molecule has 0 N–H and O–H groups in total. The average Bonchev–Trinajstić information content (AvgIpc) is 0.855. The van der Waals surface area contributed by atoms with Gasteiger partial charge in [0.2, 0.25) is 0 Å². The highest BCUT2D eigenvalue weighted by Crippen LogP contribution is 2.26. The van der Waals surface area contributed by atoms with Crippen LogP contribution >= 0.6 is 0 Å². The third kappa shape index (κ3) is 39.6. The third-order valence-electron chi connectivity index (χ3n) is 17.7. The maximum atomic E-state index is 2.24. The molecule has 114 heavy (non-hydrogen) atoms. The summed E-state index contributed by atoms with van der Waals surface area (Å²) in [6, 6.07) is 103. The van der Waals surface area contributed by atoms with Crippen LogP contribution in [0.2, 0.25) is 0 Å². The molecule has 15 aromatic rings. The van der Waals surface area contributed by atoms with Crippen molar-refractivity contribution < 1.29 is 0 Å². The van der Waals surface area contributed by atoms with E-state index in [4.69, 9.17) is 0 Å². The second kappa shape index (κ2) is 65.3. The zero-order chi connectivity index (χ0) is 87.3. The van der Waals surface area contributed by atoms with Gasteiger partial charge < -0.3 is 0 Å². The van der Waals surface area contributed by atoms with Gasteiger partial charge in [-0.1, -0.05) is 455 Å². The first kappa shape index (κ1) is 108. The number of benzene rings is 15. The van der Waals surface area contributed by atoms with E-state index in [2.05, 4.69) is 416 Å². The minimum Gasteiger partial charge on any atom is -0.0683 e. The predicted molar refractivity (Wildman–Crippen MR) is 530 cm³/mol. The Morgan fingerprint density at radius 1 is 0.114 bits per heavy atom. The van der Waals surface area contributed by atoms with Crippen LogP contribution in [0.5, 0.6) is 0 Å². The fourth-order valence-electron chi connectivity index (χ4n) is 11.7. The molecule has 0 spiro atoms. The van der Waals surface area contributed by atoms with Gasteiger partial charge in [0, 0.05) is 0 Å². The molecule has 0 aliphatic carbocycles. The molecular weight excluding hydrogens is 1370 g/mol. The molecular formula is C114H156. The molecule has 15 rings (SSSR count). The van der Waals surface area contributed by atoms with Gasteiger partial charge in [0.05, 0.1) is 0 Å². The monoisotopic (exact) mass is 1530 g/mol. The van der Waals surface area contributed by atoms with E-state index in [0.717, 1.165) is 0 Å². The quantitative estimate of drug-likeness (QED) is 0.142. The smallest absolute Gasteiger partial charge is 0.0152 e. The van der Waals surface area contributed by atoms with Gasteiger partial charge in [-0.2, -0.15) is 0 Å². The standard InChI is InChI=1S/6C12H12.3C8H10.9C2H6/c1-9-5-3-8-12-10(2)6-4-7-11(9)12;1-9-6-7-12-10(2)4-3-5-11(12)8-9;1-9-6-7-11-5-3-4-10(2)12(11)8-9;1-9-7-10(2)12-6-4-3-5-11(12)8-9;1-9-7-8-11-5-3-4-6-12(11)10(9)2;1-9-7-8-10(2)12-6-4-3-5-11(9)12;1-7-3-5-8(2)6-4-7;1-7-4-3-5-8(2)6-7;1-7-5-3-4-6-8(7)2;9*1-2/h6*3-8H,1-2H3;3*3-6H,1-2H3;9*1-2H3. The fraction of sp³-hybridized carbons (Fsp3) is 0.316. The molecule has 0 unspecified atom stereocenters. The lowest BCUT2D eigenvalue weighted by Gasteiger charge is -2.04. The SMILES string of the molecule is CC.CC.CC.CC.CC.CC.CC.CC.CC.Cc1cc(C)c2ccccc2c1.Cc1ccc(C)c2ccccc12.Cc1ccc(C)cc1.Cc1ccc2c(C)cccc2c1.Cc1ccc2cccc(C)c2c1.Cc1ccc2ccccc2c1C.Cc1cccc(C)c1.Cc1cccc2c(C)cccc12.Cc1ccccc1C. The van der Waals surface area contributed by atoms with Crippen LogP contribution in [0, 0.1) is 125 Å². The minimum absolute atomic E-state index is 1.33. The van der Waals surface area contributed by atoms with E-state index in [1.807, 2.05) is 125 Å². The van der Waals surface area contributed by atoms with Crippen LogP contribution in [-0.2, 0) is 0 Å². The Balaban J connectivity index is -0.00000119. The highest BCUT2D eigenvalue weighted by molar-refractivity contribution is 5.91. The molecule has 0 heteroatoms. The van der Waals surface area contributed by atoms with Gasteiger partial charge in [-0.15, -0.1) is 0 Å². The maximum absolute atomic E-state index is 2.24. The van der Waals surface area contributed by atoms with Crippen molar-refractivity contribution in [3.05, 3.63) is 391 Å². The molecule has 0 heterocycles. The lowest BCUT2D eigenvalue weighted by Crippen LogP contribution is -1.82. The van der Waals surface area contributed by atoms with Crippen molar-refractivity contribution in [2.75, 3.05) is 0 Å². The zero-order valence-corrected chi connectivity index (χ0v) is 78.7. The first-order valence-corrected chi connectivity index (χ1v) is 42.9. The van der Waals surface area contributed by atoms with Gasteiger partial charge in [0.25, 0.3) is 0 Å². The molecule has 0 bridgehead atoms. The van der Waals surface area contributed by atoms with Crippen LogP contribution in [-0.4, -0.2) is 0 Å². The summed E-state index contributed by atoms with van der Waals surface area (Å²) in [5, 5.41) is 16.3. The Morgan fingerprint density at radius 2 is 0.360 bits per heavy atom. The van der Waals surface area contributed by atoms with E-state index in [9.17, 15) is 0 Å². The van der Waals surface area contributed by atoms with Gasteiger partial charge in [0.1, 0.15) is 0 Å². The highest BCUT2D eigenvalue weighted by atomic mass is 14.1. The molecule has 0 saturated heterocycles. The number of fused-ring (bicyclic) bond motifs is 6. The van der Waals surface area contributed by atoms with Crippen LogP contribution in [0.1, 0.15) is 225 Å². The summed E-state index contributed by atoms with van der Waals surface area (Å²) in [5.41, 5.74) is 24.3. The average molecular weight is 1530 g/mol. The summed E-state index contributed by atoms with van der Waals surface area (Å²) in [5.74, 6) is 0. The van der Waals surface area contributed by atoms with Gasteiger partial charge in [-0.25, -0.2) is 0 Å². The number of hydrogen-bond acceptors (Lipinski definition) is 0. The van der Waals surface area contributed by atoms with Crippen molar-refractivity contribution in [1.29, 1.82) is 0 Å². The normalized spacial score (nSPS) is 9.05. The molecule has 0 nitrogen and oxygen atoms in total. The molecule has 0 aliphatic heterocycles. The molecule has 0 aromatic heterocycles. The van der Waals surface area contributed by atoms with Gasteiger partial charge in [-0.3, -0.25) is 0 Å². The topological polar surface area (TPSA) is 0 Å². The van der Waals surface area contributed by atoms with Crippen molar-refractivity contribution >= 4 is 64.6 Å². The van der Waals surface area contributed by atoms with Crippen molar-refractivity contribution in [3.8, 4) is 0 Å². The largest absolute Gasteiger partial charge is 0.0683 e. The van der Waals surface area contributed by atoms with Crippen molar-refractivity contribution in [3.63, 3.8) is 0 Å².